The lowest BCUT2D eigenvalue weighted by molar-refractivity contribution is -0.139. The molecule has 8 nitrogen and oxygen atoms in total. The van der Waals surface area contributed by atoms with E-state index in [1.807, 2.05) is 0 Å². The molecule has 0 aliphatic carbocycles. The second-order valence-corrected chi connectivity index (χ2v) is 3.79. The van der Waals surface area contributed by atoms with Crippen molar-refractivity contribution >= 4 is 17.7 Å². The Kier molecular flexibility index (Phi) is 4.27. The highest BCUT2D eigenvalue weighted by Crippen LogP contribution is 2.19. The smallest absolute Gasteiger partial charge is 0.328 e. The second-order valence-electron chi connectivity index (χ2n) is 3.79. The van der Waals surface area contributed by atoms with E-state index in [4.69, 9.17) is 15.6 Å². The molecule has 0 saturated heterocycles. The monoisotopic (exact) mass is 256 g/mol. The lowest BCUT2D eigenvalue weighted by atomic mass is 10.2. The van der Waals surface area contributed by atoms with E-state index in [-0.39, 0.29) is 18.0 Å². The number of rotatable bonds is 6. The van der Waals surface area contributed by atoms with Crippen LogP contribution in [0.3, 0.4) is 0 Å². The van der Waals surface area contributed by atoms with Crippen molar-refractivity contribution in [2.45, 2.75) is 13.0 Å². The van der Waals surface area contributed by atoms with Crippen molar-refractivity contribution in [1.29, 1.82) is 0 Å². The number of ether oxygens (including phenoxy) is 1. The van der Waals surface area contributed by atoms with E-state index in [0.29, 0.717) is 5.69 Å². The highest BCUT2D eigenvalue weighted by molar-refractivity contribution is 5.99. The number of carboxylic acids is 1. The summed E-state index contributed by atoms with van der Waals surface area (Å²) in [5.74, 6) is -1.49. The number of hydrogen-bond donors (Lipinski definition) is 3. The Balaban J connectivity index is 3.09. The molecule has 0 aliphatic rings. The first kappa shape index (κ1) is 14.0. The van der Waals surface area contributed by atoms with Crippen LogP contribution in [0.5, 0.6) is 0 Å². The molecule has 1 atom stereocenters. The highest BCUT2D eigenvalue weighted by Gasteiger charge is 2.24. The molecule has 0 fully saturated rings. The SMILES string of the molecule is COCC(Nc1c(C(N)=O)c(C)nn1C)C(=O)O. The van der Waals surface area contributed by atoms with Gasteiger partial charge in [0.15, 0.2) is 0 Å². The molecule has 0 bridgehead atoms. The number of carboxylic acid groups (broad SMARTS) is 1. The maximum Gasteiger partial charge on any atom is 0.328 e. The van der Waals surface area contributed by atoms with E-state index < -0.39 is 17.9 Å². The van der Waals surface area contributed by atoms with Gasteiger partial charge < -0.3 is 20.9 Å². The summed E-state index contributed by atoms with van der Waals surface area (Å²) in [5, 5.41) is 15.7. The summed E-state index contributed by atoms with van der Waals surface area (Å²) in [6.07, 6.45) is 0. The van der Waals surface area contributed by atoms with Crippen LogP contribution in [-0.4, -0.2) is 46.5 Å². The molecule has 1 unspecified atom stereocenters. The van der Waals surface area contributed by atoms with Crippen LogP contribution < -0.4 is 11.1 Å². The van der Waals surface area contributed by atoms with Crippen molar-refractivity contribution in [2.24, 2.45) is 12.8 Å². The molecule has 1 aromatic rings. The van der Waals surface area contributed by atoms with E-state index in [0.717, 1.165) is 0 Å². The summed E-state index contributed by atoms with van der Waals surface area (Å²) in [6, 6.07) is -0.983. The number of nitrogens with one attached hydrogen (secondary N) is 1. The number of methoxy groups -OCH3 is 1. The average molecular weight is 256 g/mol. The number of aromatic nitrogens is 2. The van der Waals surface area contributed by atoms with Crippen LogP contribution in [0.1, 0.15) is 16.1 Å². The number of nitrogens with two attached hydrogens (primary N) is 1. The predicted molar refractivity (Wildman–Crippen MR) is 63.4 cm³/mol. The van der Waals surface area contributed by atoms with Gasteiger partial charge in [0.05, 0.1) is 12.3 Å². The number of primary amides is 1. The van der Waals surface area contributed by atoms with Gasteiger partial charge in [-0.25, -0.2) is 4.79 Å². The van der Waals surface area contributed by atoms with Gasteiger partial charge in [-0.1, -0.05) is 0 Å². The van der Waals surface area contributed by atoms with Crippen molar-refractivity contribution in [2.75, 3.05) is 19.0 Å². The second kappa shape index (κ2) is 5.50. The molecule has 0 aliphatic heterocycles. The number of carbonyl (C=O) groups is 2. The fourth-order valence-corrected chi connectivity index (χ4v) is 1.63. The van der Waals surface area contributed by atoms with Gasteiger partial charge in [-0.2, -0.15) is 5.10 Å². The van der Waals surface area contributed by atoms with Crippen LogP contribution in [-0.2, 0) is 16.6 Å². The van der Waals surface area contributed by atoms with Crippen molar-refractivity contribution in [1.82, 2.24) is 9.78 Å². The zero-order chi connectivity index (χ0) is 13.9. The number of nitrogens with zero attached hydrogens (tertiary/aromatic N) is 2. The quantitative estimate of drug-likeness (QED) is 0.621. The van der Waals surface area contributed by atoms with Crippen molar-refractivity contribution < 1.29 is 19.4 Å². The Hall–Kier alpha value is -2.09. The third-order valence-corrected chi connectivity index (χ3v) is 2.41. The average Bonchev–Trinajstić information content (AvgIpc) is 2.52. The molecule has 4 N–H and O–H groups in total. The number of aryl methyl sites for hydroxylation is 2. The van der Waals surface area contributed by atoms with Gasteiger partial charge >= 0.3 is 5.97 Å². The van der Waals surface area contributed by atoms with E-state index in [2.05, 4.69) is 10.4 Å². The van der Waals surface area contributed by atoms with E-state index in [1.54, 1.807) is 14.0 Å². The standard InChI is InChI=1S/C10H16N4O4/c1-5-7(8(11)15)9(14(2)13-5)12-6(4-18-3)10(16)17/h6,12H,4H2,1-3H3,(H2,11,15)(H,16,17). The Morgan fingerprint density at radius 3 is 2.67 bits per heavy atom. The molecule has 18 heavy (non-hydrogen) atoms. The Labute approximate surface area is 104 Å². The number of anilines is 1. The van der Waals surface area contributed by atoms with Gasteiger partial charge in [-0.15, -0.1) is 0 Å². The minimum absolute atomic E-state index is 0.0439. The van der Waals surface area contributed by atoms with Crippen LogP contribution in [0.4, 0.5) is 5.82 Å². The van der Waals surface area contributed by atoms with Gasteiger partial charge in [0, 0.05) is 14.2 Å². The topological polar surface area (TPSA) is 119 Å². The van der Waals surface area contributed by atoms with Crippen molar-refractivity contribution in [3.63, 3.8) is 0 Å². The molecule has 0 saturated carbocycles. The van der Waals surface area contributed by atoms with E-state index in [1.165, 1.54) is 11.8 Å². The van der Waals surface area contributed by atoms with Gasteiger partial charge in [0.2, 0.25) is 0 Å². The Bertz CT molecular complexity index is 469. The van der Waals surface area contributed by atoms with Crippen molar-refractivity contribution in [3.8, 4) is 0 Å². The molecular weight excluding hydrogens is 240 g/mol. The first-order valence-electron chi connectivity index (χ1n) is 5.20. The number of amides is 1. The number of hydrogen-bond acceptors (Lipinski definition) is 5. The normalized spacial score (nSPS) is 12.2. The first-order valence-corrected chi connectivity index (χ1v) is 5.20. The lowest BCUT2D eigenvalue weighted by Gasteiger charge is -2.15. The maximum absolute atomic E-state index is 11.3. The van der Waals surface area contributed by atoms with Crippen LogP contribution >= 0.6 is 0 Å². The molecule has 1 heterocycles. The molecule has 8 heteroatoms. The summed E-state index contributed by atoms with van der Waals surface area (Å²) in [5.41, 5.74) is 5.86. The van der Waals surface area contributed by atoms with Crippen LogP contribution in [0, 0.1) is 6.92 Å². The van der Waals surface area contributed by atoms with Gasteiger partial charge in [0.25, 0.3) is 5.91 Å². The molecule has 1 aromatic heterocycles. The molecule has 0 radical (unpaired) electrons. The fourth-order valence-electron chi connectivity index (χ4n) is 1.63. The minimum Gasteiger partial charge on any atom is -0.480 e. The molecule has 100 valence electrons. The maximum atomic E-state index is 11.3. The lowest BCUT2D eigenvalue weighted by Crippen LogP contribution is -2.35. The van der Waals surface area contributed by atoms with Gasteiger partial charge in [-0.3, -0.25) is 9.48 Å². The fraction of sp³-hybridized carbons (Fsp3) is 0.500. The molecule has 0 aromatic carbocycles. The third-order valence-electron chi connectivity index (χ3n) is 2.41. The molecule has 1 rings (SSSR count). The van der Waals surface area contributed by atoms with Gasteiger partial charge in [0.1, 0.15) is 17.4 Å². The number of carbonyl (C=O) groups excluding carboxylic acids is 1. The van der Waals surface area contributed by atoms with E-state index in [9.17, 15) is 9.59 Å². The van der Waals surface area contributed by atoms with Crippen LogP contribution in [0.25, 0.3) is 0 Å². The zero-order valence-corrected chi connectivity index (χ0v) is 10.4. The van der Waals surface area contributed by atoms with Crippen LogP contribution in [0.15, 0.2) is 0 Å². The third kappa shape index (κ3) is 2.77. The number of aliphatic carboxylic acids is 1. The Morgan fingerprint density at radius 1 is 1.61 bits per heavy atom. The highest BCUT2D eigenvalue weighted by atomic mass is 16.5. The summed E-state index contributed by atoms with van der Waals surface area (Å²) in [6.45, 7) is 1.58. The van der Waals surface area contributed by atoms with Crippen LogP contribution in [0.2, 0.25) is 0 Å². The molecular formula is C10H16N4O4. The summed E-state index contributed by atoms with van der Waals surface area (Å²) in [4.78, 5) is 22.3. The molecule has 1 amide bonds. The largest absolute Gasteiger partial charge is 0.480 e. The van der Waals surface area contributed by atoms with E-state index >= 15 is 0 Å². The summed E-state index contributed by atoms with van der Waals surface area (Å²) >= 11 is 0. The summed E-state index contributed by atoms with van der Waals surface area (Å²) in [7, 11) is 2.98. The Morgan fingerprint density at radius 2 is 2.22 bits per heavy atom. The molecule has 0 spiro atoms. The van der Waals surface area contributed by atoms with Gasteiger partial charge in [-0.05, 0) is 6.92 Å². The zero-order valence-electron chi connectivity index (χ0n) is 10.4. The predicted octanol–water partition coefficient (Wildman–Crippen LogP) is -0.661. The summed E-state index contributed by atoms with van der Waals surface area (Å²) < 4.78 is 6.17. The first-order chi connectivity index (χ1) is 8.38. The minimum atomic E-state index is -1.09. The van der Waals surface area contributed by atoms with Crippen molar-refractivity contribution in [3.05, 3.63) is 11.3 Å².